The minimum absolute atomic E-state index is 0.359. The average molecular weight is 339 g/mol. The van der Waals surface area contributed by atoms with Crippen LogP contribution < -0.4 is 4.74 Å². The zero-order chi connectivity index (χ0) is 17.1. The summed E-state index contributed by atoms with van der Waals surface area (Å²) in [5.41, 5.74) is 3.59. The molecule has 0 aliphatic heterocycles. The lowest BCUT2D eigenvalue weighted by Gasteiger charge is -2.12. The van der Waals surface area contributed by atoms with Crippen LogP contribution in [0, 0.1) is 0 Å². The SMILES string of the molecule is C=C(C)C(=O)Oc1cccc(-c2nc3ccccc3o2)c1CSC. The summed E-state index contributed by atoms with van der Waals surface area (Å²) in [6, 6.07) is 13.1. The van der Waals surface area contributed by atoms with Crippen molar-refractivity contribution in [1.82, 2.24) is 4.98 Å². The topological polar surface area (TPSA) is 52.3 Å². The van der Waals surface area contributed by atoms with E-state index < -0.39 is 5.97 Å². The highest BCUT2D eigenvalue weighted by molar-refractivity contribution is 7.97. The Balaban J connectivity index is 2.09. The third-order valence-corrected chi connectivity index (χ3v) is 4.07. The second-order valence-corrected chi connectivity index (χ2v) is 6.24. The highest BCUT2D eigenvalue weighted by atomic mass is 32.2. The van der Waals surface area contributed by atoms with E-state index in [1.165, 1.54) is 0 Å². The molecule has 0 amide bonds. The molecule has 0 fully saturated rings. The van der Waals surface area contributed by atoms with Crippen LogP contribution in [0.2, 0.25) is 0 Å². The monoisotopic (exact) mass is 339 g/mol. The molecule has 5 heteroatoms. The molecule has 0 radical (unpaired) electrons. The summed E-state index contributed by atoms with van der Waals surface area (Å²) in [6.45, 7) is 5.25. The van der Waals surface area contributed by atoms with Crippen LogP contribution in [0.3, 0.4) is 0 Å². The molecule has 0 unspecified atom stereocenters. The fourth-order valence-corrected chi connectivity index (χ4v) is 2.92. The van der Waals surface area contributed by atoms with E-state index in [9.17, 15) is 4.79 Å². The largest absolute Gasteiger partial charge is 0.436 e. The third-order valence-electron chi connectivity index (χ3n) is 3.50. The Hall–Kier alpha value is -2.53. The molecule has 0 N–H and O–H groups in total. The number of rotatable bonds is 5. The molecular weight excluding hydrogens is 322 g/mol. The maximum atomic E-state index is 11.9. The molecule has 2 aromatic carbocycles. The van der Waals surface area contributed by atoms with Gasteiger partial charge in [0.25, 0.3) is 0 Å². The Morgan fingerprint density at radius 2 is 2.04 bits per heavy atom. The molecule has 0 bridgehead atoms. The van der Waals surface area contributed by atoms with Crippen molar-refractivity contribution in [1.29, 1.82) is 0 Å². The molecule has 0 spiro atoms. The normalized spacial score (nSPS) is 10.8. The van der Waals surface area contributed by atoms with Gasteiger partial charge in [-0.05, 0) is 37.4 Å². The molecule has 1 aromatic heterocycles. The van der Waals surface area contributed by atoms with Gasteiger partial charge in [0.1, 0.15) is 11.3 Å². The maximum absolute atomic E-state index is 11.9. The Morgan fingerprint density at radius 3 is 2.75 bits per heavy atom. The summed E-state index contributed by atoms with van der Waals surface area (Å²) >= 11 is 1.64. The van der Waals surface area contributed by atoms with E-state index in [-0.39, 0.29) is 0 Å². The number of carbonyl (C=O) groups excluding carboxylic acids is 1. The lowest BCUT2D eigenvalue weighted by Crippen LogP contribution is -2.10. The third kappa shape index (κ3) is 3.21. The highest BCUT2D eigenvalue weighted by Crippen LogP contribution is 2.34. The second kappa shape index (κ2) is 6.93. The molecule has 3 aromatic rings. The minimum Gasteiger partial charge on any atom is -0.436 e. The van der Waals surface area contributed by atoms with E-state index in [2.05, 4.69) is 11.6 Å². The van der Waals surface area contributed by atoms with E-state index in [0.717, 1.165) is 22.2 Å². The summed E-state index contributed by atoms with van der Waals surface area (Å²) in [5, 5.41) is 0. The predicted octanol–water partition coefficient (Wildman–Crippen LogP) is 4.84. The first-order valence-electron chi connectivity index (χ1n) is 7.44. The summed E-state index contributed by atoms with van der Waals surface area (Å²) < 4.78 is 11.3. The van der Waals surface area contributed by atoms with Crippen molar-refractivity contribution in [2.75, 3.05) is 6.26 Å². The number of ether oxygens (including phenoxy) is 1. The molecule has 0 atom stereocenters. The molecular formula is C19H17NO3S. The van der Waals surface area contributed by atoms with E-state index in [0.29, 0.717) is 23.0 Å². The van der Waals surface area contributed by atoms with Gasteiger partial charge in [-0.1, -0.05) is 24.8 Å². The standard InChI is InChI=1S/C19H17NO3S/c1-12(2)19(21)23-16-10-6-7-13(14(16)11-24-3)18-20-15-8-4-5-9-17(15)22-18/h4-10H,1,11H2,2-3H3. The summed E-state index contributed by atoms with van der Waals surface area (Å²) in [4.78, 5) is 16.4. The van der Waals surface area contributed by atoms with Gasteiger partial charge in [0.15, 0.2) is 5.58 Å². The van der Waals surface area contributed by atoms with Crippen LogP contribution in [0.25, 0.3) is 22.6 Å². The fraction of sp³-hybridized carbons (Fsp3) is 0.158. The van der Waals surface area contributed by atoms with Crippen LogP contribution in [-0.2, 0) is 10.5 Å². The van der Waals surface area contributed by atoms with E-state index >= 15 is 0 Å². The number of para-hydroxylation sites is 2. The van der Waals surface area contributed by atoms with Crippen molar-refractivity contribution in [2.24, 2.45) is 0 Å². The molecule has 0 aliphatic carbocycles. The number of aromatic nitrogens is 1. The first-order chi connectivity index (χ1) is 11.6. The van der Waals surface area contributed by atoms with E-state index in [1.807, 2.05) is 42.7 Å². The van der Waals surface area contributed by atoms with Gasteiger partial charge >= 0.3 is 5.97 Å². The van der Waals surface area contributed by atoms with Gasteiger partial charge in [0.05, 0.1) is 0 Å². The van der Waals surface area contributed by atoms with Crippen LogP contribution >= 0.6 is 11.8 Å². The Morgan fingerprint density at radius 1 is 1.25 bits per heavy atom. The zero-order valence-corrected chi connectivity index (χ0v) is 14.4. The number of hydrogen-bond donors (Lipinski definition) is 0. The molecule has 122 valence electrons. The summed E-state index contributed by atoms with van der Waals surface area (Å²) in [5.74, 6) is 1.27. The number of benzene rings is 2. The smallest absolute Gasteiger partial charge is 0.338 e. The molecule has 1 heterocycles. The van der Waals surface area contributed by atoms with Gasteiger partial charge in [-0.2, -0.15) is 11.8 Å². The molecule has 0 aliphatic rings. The lowest BCUT2D eigenvalue weighted by molar-refractivity contribution is -0.130. The van der Waals surface area contributed by atoms with Crippen molar-refractivity contribution in [3.8, 4) is 17.2 Å². The predicted molar refractivity (Wildman–Crippen MR) is 97.1 cm³/mol. The quantitative estimate of drug-likeness (QED) is 0.378. The van der Waals surface area contributed by atoms with Crippen molar-refractivity contribution in [3.63, 3.8) is 0 Å². The molecule has 3 rings (SSSR count). The van der Waals surface area contributed by atoms with E-state index in [1.54, 1.807) is 24.8 Å². The zero-order valence-electron chi connectivity index (χ0n) is 13.5. The number of hydrogen-bond acceptors (Lipinski definition) is 5. The van der Waals surface area contributed by atoms with Gasteiger partial charge in [-0.15, -0.1) is 0 Å². The number of esters is 1. The summed E-state index contributed by atoms with van der Waals surface area (Å²) in [6.07, 6.45) is 1.99. The Labute approximate surface area is 144 Å². The fourth-order valence-electron chi connectivity index (χ4n) is 2.33. The summed E-state index contributed by atoms with van der Waals surface area (Å²) in [7, 11) is 0. The lowest BCUT2D eigenvalue weighted by atomic mass is 10.1. The van der Waals surface area contributed by atoms with Crippen molar-refractivity contribution >= 4 is 28.8 Å². The highest BCUT2D eigenvalue weighted by Gasteiger charge is 2.18. The Bertz CT molecular complexity index is 881. The Kier molecular flexibility index (Phi) is 4.71. The number of fused-ring (bicyclic) bond motifs is 1. The van der Waals surface area contributed by atoms with Crippen LogP contribution in [-0.4, -0.2) is 17.2 Å². The average Bonchev–Trinajstić information content (AvgIpc) is 3.00. The molecule has 0 saturated heterocycles. The van der Waals surface area contributed by atoms with Gasteiger partial charge in [0, 0.05) is 22.5 Å². The van der Waals surface area contributed by atoms with Crippen LogP contribution in [0.15, 0.2) is 59.0 Å². The van der Waals surface area contributed by atoms with Crippen molar-refractivity contribution in [2.45, 2.75) is 12.7 Å². The van der Waals surface area contributed by atoms with E-state index in [4.69, 9.17) is 9.15 Å². The van der Waals surface area contributed by atoms with Gasteiger partial charge in [0.2, 0.25) is 5.89 Å². The maximum Gasteiger partial charge on any atom is 0.338 e. The van der Waals surface area contributed by atoms with Crippen LogP contribution in [0.5, 0.6) is 5.75 Å². The van der Waals surface area contributed by atoms with Crippen LogP contribution in [0.1, 0.15) is 12.5 Å². The molecule has 0 saturated carbocycles. The second-order valence-electron chi connectivity index (χ2n) is 5.37. The van der Waals surface area contributed by atoms with Crippen molar-refractivity contribution in [3.05, 3.63) is 60.2 Å². The number of carbonyl (C=O) groups is 1. The number of oxazole rings is 1. The first-order valence-corrected chi connectivity index (χ1v) is 8.84. The minimum atomic E-state index is -0.438. The number of thioether (sulfide) groups is 1. The molecule has 4 nitrogen and oxygen atoms in total. The number of nitrogens with zero attached hydrogens (tertiary/aromatic N) is 1. The van der Waals surface area contributed by atoms with Gasteiger partial charge in [-0.25, -0.2) is 9.78 Å². The van der Waals surface area contributed by atoms with Crippen LogP contribution in [0.4, 0.5) is 0 Å². The van der Waals surface area contributed by atoms with Gasteiger partial charge in [-0.3, -0.25) is 0 Å². The van der Waals surface area contributed by atoms with Crippen molar-refractivity contribution < 1.29 is 13.9 Å². The molecule has 24 heavy (non-hydrogen) atoms. The van der Waals surface area contributed by atoms with Gasteiger partial charge < -0.3 is 9.15 Å². The first kappa shape index (κ1) is 16.3.